The van der Waals surface area contributed by atoms with Gasteiger partial charge in [0, 0.05) is 24.7 Å². The second-order valence-corrected chi connectivity index (χ2v) is 9.01. The van der Waals surface area contributed by atoms with Crippen LogP contribution in [0.3, 0.4) is 0 Å². The number of hydrogen-bond acceptors (Lipinski definition) is 7. The molecule has 5 rings (SSSR count). The van der Waals surface area contributed by atoms with E-state index < -0.39 is 34.3 Å². The average Bonchev–Trinajstić information content (AvgIpc) is 3.37. The second-order valence-electron chi connectivity index (χ2n) is 9.01. The number of hydrogen-bond donors (Lipinski definition) is 0. The first-order valence-corrected chi connectivity index (χ1v) is 11.5. The smallest absolute Gasteiger partial charge is 0.316 e. The lowest BCUT2D eigenvalue weighted by atomic mass is 10.1. The molecule has 0 bridgehead atoms. The molecule has 0 aliphatic carbocycles. The topological polar surface area (TPSA) is 127 Å². The number of benzene rings is 3. The Bertz CT molecular complexity index is 1500. The van der Waals surface area contributed by atoms with Gasteiger partial charge < -0.3 is 9.64 Å². The zero-order valence-electron chi connectivity index (χ0n) is 20.0. The Labute approximate surface area is 211 Å². The van der Waals surface area contributed by atoms with E-state index in [9.17, 15) is 29.3 Å². The minimum atomic E-state index is -0.791. The van der Waals surface area contributed by atoms with E-state index in [1.54, 1.807) is 11.8 Å². The number of imide groups is 1. The van der Waals surface area contributed by atoms with Gasteiger partial charge in [0.15, 0.2) is 0 Å². The average molecular weight is 499 g/mol. The Morgan fingerprint density at radius 1 is 1.00 bits per heavy atom. The van der Waals surface area contributed by atoms with E-state index in [4.69, 9.17) is 4.74 Å². The van der Waals surface area contributed by atoms with Gasteiger partial charge in [-0.1, -0.05) is 23.8 Å². The summed E-state index contributed by atoms with van der Waals surface area (Å²) in [4.78, 5) is 64.3. The summed E-state index contributed by atoms with van der Waals surface area (Å²) in [5.41, 5.74) is 1.71. The first-order valence-electron chi connectivity index (χ1n) is 11.5. The lowest BCUT2D eigenvalue weighted by molar-refractivity contribution is -0.385. The molecule has 2 heterocycles. The molecule has 10 nitrogen and oxygen atoms in total. The van der Waals surface area contributed by atoms with Gasteiger partial charge in [-0.3, -0.25) is 29.3 Å². The summed E-state index contributed by atoms with van der Waals surface area (Å²) >= 11 is 0. The number of nitro benzene ring substituents is 1. The number of aryl methyl sites for hydroxylation is 2. The maximum absolute atomic E-state index is 13.0. The van der Waals surface area contributed by atoms with Crippen molar-refractivity contribution in [2.75, 3.05) is 16.3 Å². The van der Waals surface area contributed by atoms with Crippen LogP contribution >= 0.6 is 0 Å². The Hall–Kier alpha value is -4.86. The van der Waals surface area contributed by atoms with Crippen molar-refractivity contribution < 1.29 is 28.8 Å². The maximum Gasteiger partial charge on any atom is 0.316 e. The van der Waals surface area contributed by atoms with E-state index in [1.165, 1.54) is 36.4 Å². The molecule has 0 saturated carbocycles. The van der Waals surface area contributed by atoms with Crippen LogP contribution in [0.2, 0.25) is 0 Å². The summed E-state index contributed by atoms with van der Waals surface area (Å²) in [5, 5.41) is 11.4. The molecule has 186 valence electrons. The minimum absolute atomic E-state index is 0.0254. The SMILES string of the molecule is Cc1ccc(N2C[C@H](C(=O)Oc3ccc(N4C(=O)c5cccc([N+](=O)[O-])c5C4=O)c(C)c3)CC2=O)cc1. The van der Waals surface area contributed by atoms with Crippen molar-refractivity contribution in [2.45, 2.75) is 20.3 Å². The molecule has 1 atom stereocenters. The van der Waals surface area contributed by atoms with Crippen LogP contribution < -0.4 is 14.5 Å². The highest BCUT2D eigenvalue weighted by atomic mass is 16.6. The van der Waals surface area contributed by atoms with Crippen LogP contribution in [0.1, 0.15) is 38.3 Å². The molecule has 1 saturated heterocycles. The fourth-order valence-electron chi connectivity index (χ4n) is 4.62. The van der Waals surface area contributed by atoms with Gasteiger partial charge in [-0.15, -0.1) is 0 Å². The number of anilines is 2. The lowest BCUT2D eigenvalue weighted by Gasteiger charge is -2.18. The van der Waals surface area contributed by atoms with Crippen LogP contribution in [0.5, 0.6) is 5.75 Å². The summed E-state index contributed by atoms with van der Waals surface area (Å²) in [6.07, 6.45) is 0.0254. The monoisotopic (exact) mass is 499 g/mol. The largest absolute Gasteiger partial charge is 0.426 e. The van der Waals surface area contributed by atoms with Gasteiger partial charge in [-0.05, 0) is 55.8 Å². The zero-order chi connectivity index (χ0) is 26.4. The van der Waals surface area contributed by atoms with Gasteiger partial charge in [0.05, 0.1) is 22.1 Å². The quantitative estimate of drug-likeness (QED) is 0.171. The van der Waals surface area contributed by atoms with Crippen molar-refractivity contribution in [2.24, 2.45) is 5.92 Å². The van der Waals surface area contributed by atoms with Gasteiger partial charge in [0.1, 0.15) is 11.3 Å². The van der Waals surface area contributed by atoms with Crippen molar-refractivity contribution >= 4 is 40.8 Å². The van der Waals surface area contributed by atoms with Crippen molar-refractivity contribution in [1.29, 1.82) is 0 Å². The van der Waals surface area contributed by atoms with Gasteiger partial charge in [-0.2, -0.15) is 0 Å². The summed E-state index contributed by atoms with van der Waals surface area (Å²) < 4.78 is 5.52. The normalized spacial score (nSPS) is 16.8. The number of nitro groups is 1. The fourth-order valence-corrected chi connectivity index (χ4v) is 4.62. The third kappa shape index (κ3) is 4.12. The highest BCUT2D eigenvalue weighted by Crippen LogP contribution is 2.36. The van der Waals surface area contributed by atoms with Crippen molar-refractivity contribution in [1.82, 2.24) is 0 Å². The van der Waals surface area contributed by atoms with Crippen molar-refractivity contribution in [3.05, 3.63) is 93.0 Å². The highest BCUT2D eigenvalue weighted by Gasteiger charge is 2.42. The van der Waals surface area contributed by atoms with Crippen LogP contribution in [-0.2, 0) is 9.59 Å². The molecule has 10 heteroatoms. The molecule has 37 heavy (non-hydrogen) atoms. The van der Waals surface area contributed by atoms with E-state index in [1.807, 2.05) is 31.2 Å². The Kier molecular flexibility index (Phi) is 5.79. The summed E-state index contributed by atoms with van der Waals surface area (Å²) in [6.45, 7) is 3.77. The van der Waals surface area contributed by atoms with Gasteiger partial charge in [0.2, 0.25) is 5.91 Å². The van der Waals surface area contributed by atoms with Crippen LogP contribution in [0, 0.1) is 29.9 Å². The molecular weight excluding hydrogens is 478 g/mol. The second kappa shape index (κ2) is 8.98. The molecule has 1 fully saturated rings. The number of nitrogens with zero attached hydrogens (tertiary/aromatic N) is 3. The number of amides is 3. The molecule has 0 spiro atoms. The standard InChI is InChI=1S/C27H21N3O7/c1-15-6-8-18(9-7-15)28-14-17(13-23(28)31)27(34)37-19-10-11-21(16(2)12-19)29-25(32)20-4-3-5-22(30(35)36)24(20)26(29)33/h3-12,17H,13-14H2,1-2H3/t17-/m1/s1. The molecular formula is C27H21N3O7. The number of rotatable bonds is 5. The van der Waals surface area contributed by atoms with Crippen LogP contribution in [0.25, 0.3) is 0 Å². The number of ether oxygens (including phenoxy) is 1. The zero-order valence-corrected chi connectivity index (χ0v) is 20.0. The number of carbonyl (C=O) groups is 4. The molecule has 0 aromatic heterocycles. The van der Waals surface area contributed by atoms with Crippen LogP contribution in [-0.4, -0.2) is 35.2 Å². The molecule has 2 aliphatic heterocycles. The van der Waals surface area contributed by atoms with Crippen molar-refractivity contribution in [3.8, 4) is 5.75 Å². The fraction of sp³-hybridized carbons (Fsp3) is 0.185. The van der Waals surface area contributed by atoms with Crippen LogP contribution in [0.15, 0.2) is 60.7 Å². The Morgan fingerprint density at radius 2 is 1.73 bits per heavy atom. The number of fused-ring (bicyclic) bond motifs is 1. The predicted octanol–water partition coefficient (Wildman–Crippen LogP) is 3.97. The lowest BCUT2D eigenvalue weighted by Crippen LogP contribution is -2.30. The van der Waals surface area contributed by atoms with E-state index in [0.717, 1.165) is 10.5 Å². The molecule has 3 amide bonds. The molecule has 2 aliphatic rings. The summed E-state index contributed by atoms with van der Waals surface area (Å²) in [6, 6.07) is 15.7. The van der Waals surface area contributed by atoms with E-state index in [-0.39, 0.29) is 41.4 Å². The summed E-state index contributed by atoms with van der Waals surface area (Å²) in [5.74, 6) is -2.65. The molecule has 0 N–H and O–H groups in total. The molecule has 3 aromatic carbocycles. The van der Waals surface area contributed by atoms with Gasteiger partial charge >= 0.3 is 5.97 Å². The first-order chi connectivity index (χ1) is 17.7. The van der Waals surface area contributed by atoms with Gasteiger partial charge in [0.25, 0.3) is 17.5 Å². The highest BCUT2D eigenvalue weighted by molar-refractivity contribution is 6.35. The van der Waals surface area contributed by atoms with Gasteiger partial charge in [-0.25, -0.2) is 4.90 Å². The van der Waals surface area contributed by atoms with E-state index in [0.29, 0.717) is 11.3 Å². The Balaban J connectivity index is 1.32. The molecule has 3 aromatic rings. The number of esters is 1. The predicted molar refractivity (Wildman–Crippen MR) is 133 cm³/mol. The van der Waals surface area contributed by atoms with Crippen LogP contribution in [0.4, 0.5) is 17.1 Å². The third-order valence-electron chi connectivity index (χ3n) is 6.52. The van der Waals surface area contributed by atoms with Crippen molar-refractivity contribution in [3.63, 3.8) is 0 Å². The Morgan fingerprint density at radius 3 is 2.41 bits per heavy atom. The minimum Gasteiger partial charge on any atom is -0.426 e. The first kappa shape index (κ1) is 23.9. The summed E-state index contributed by atoms with van der Waals surface area (Å²) in [7, 11) is 0. The maximum atomic E-state index is 13.0. The molecule has 0 radical (unpaired) electrons. The molecule has 0 unspecified atom stereocenters. The number of carbonyl (C=O) groups excluding carboxylic acids is 4. The van der Waals surface area contributed by atoms with E-state index in [2.05, 4.69) is 0 Å². The van der Waals surface area contributed by atoms with E-state index >= 15 is 0 Å². The third-order valence-corrected chi connectivity index (χ3v) is 6.52.